The van der Waals surface area contributed by atoms with Crippen molar-refractivity contribution in [2.24, 2.45) is 0 Å². The molecule has 0 aromatic carbocycles. The number of carboxylic acids is 1. The molecule has 0 aromatic rings. The molecule has 6 heteroatoms. The Bertz CT molecular complexity index is 258. The van der Waals surface area contributed by atoms with Crippen LogP contribution in [0, 0.1) is 0 Å². The van der Waals surface area contributed by atoms with Crippen molar-refractivity contribution < 1.29 is 19.5 Å². The number of amides is 1. The number of hydrogen-bond acceptors (Lipinski definition) is 4. The Morgan fingerprint density at radius 1 is 1.29 bits per heavy atom. The number of rotatable bonds is 10. The number of carbonyl (C=O) groups excluding carboxylic acids is 2. The molecule has 17 heavy (non-hydrogen) atoms. The Morgan fingerprint density at radius 3 is 2.53 bits per heavy atom. The molecule has 2 N–H and O–H groups in total. The summed E-state index contributed by atoms with van der Waals surface area (Å²) in [5.74, 6) is -0.880. The lowest BCUT2D eigenvalue weighted by Gasteiger charge is -2.12. The average Bonchev–Trinajstić information content (AvgIpc) is 2.28. The van der Waals surface area contributed by atoms with Crippen LogP contribution in [0.5, 0.6) is 0 Å². The third-order valence-corrected chi connectivity index (χ3v) is 2.54. The molecular weight excluding hydrogens is 242 g/mol. The molecule has 0 spiro atoms. The van der Waals surface area contributed by atoms with Gasteiger partial charge in [-0.2, -0.15) is 12.6 Å². The summed E-state index contributed by atoms with van der Waals surface area (Å²) in [6.45, 7) is 0. The molecule has 0 heterocycles. The second kappa shape index (κ2) is 10.1. The van der Waals surface area contributed by atoms with E-state index < -0.39 is 12.0 Å². The number of carbonyl (C=O) groups is 3. The van der Waals surface area contributed by atoms with Gasteiger partial charge in [0.05, 0.1) is 0 Å². The van der Waals surface area contributed by atoms with Crippen molar-refractivity contribution in [3.05, 3.63) is 0 Å². The zero-order valence-electron chi connectivity index (χ0n) is 9.72. The van der Waals surface area contributed by atoms with Gasteiger partial charge in [-0.1, -0.05) is 6.42 Å². The Balaban J connectivity index is 3.74. The van der Waals surface area contributed by atoms with E-state index >= 15 is 0 Å². The van der Waals surface area contributed by atoms with E-state index in [4.69, 9.17) is 5.11 Å². The van der Waals surface area contributed by atoms with Gasteiger partial charge in [0.25, 0.3) is 0 Å². The Labute approximate surface area is 106 Å². The molecule has 1 atom stereocenters. The summed E-state index contributed by atoms with van der Waals surface area (Å²) >= 11 is 3.94. The summed E-state index contributed by atoms with van der Waals surface area (Å²) in [5, 5.41) is 11.3. The molecule has 0 saturated carbocycles. The average molecular weight is 261 g/mol. The molecule has 0 fully saturated rings. The lowest BCUT2D eigenvalue weighted by molar-refractivity contribution is -0.141. The van der Waals surface area contributed by atoms with E-state index in [1.54, 1.807) is 0 Å². The smallest absolute Gasteiger partial charge is 0.326 e. The van der Waals surface area contributed by atoms with Gasteiger partial charge in [0, 0.05) is 12.8 Å². The molecule has 0 rings (SSSR count). The standard InChI is InChI=1S/C11H19NO4S/c13-7-4-2-1-3-5-10(14)12-9(6-8-17)11(15)16/h7,9,17H,1-6,8H2,(H,12,14)(H,15,16)/t9-/m0/s1. The highest BCUT2D eigenvalue weighted by Crippen LogP contribution is 2.03. The summed E-state index contributed by atoms with van der Waals surface area (Å²) in [4.78, 5) is 32.2. The van der Waals surface area contributed by atoms with Gasteiger partial charge in [0.15, 0.2) is 0 Å². The van der Waals surface area contributed by atoms with Crippen LogP contribution < -0.4 is 5.32 Å². The van der Waals surface area contributed by atoms with Crippen LogP contribution in [0.25, 0.3) is 0 Å². The van der Waals surface area contributed by atoms with Crippen LogP contribution in [0.1, 0.15) is 38.5 Å². The van der Waals surface area contributed by atoms with Crippen molar-refractivity contribution in [3.63, 3.8) is 0 Å². The zero-order valence-corrected chi connectivity index (χ0v) is 10.6. The molecule has 0 aliphatic heterocycles. The highest BCUT2D eigenvalue weighted by Gasteiger charge is 2.18. The Kier molecular flexibility index (Phi) is 9.52. The van der Waals surface area contributed by atoms with E-state index in [9.17, 15) is 14.4 Å². The van der Waals surface area contributed by atoms with Crippen molar-refractivity contribution >= 4 is 30.8 Å². The van der Waals surface area contributed by atoms with Crippen molar-refractivity contribution in [2.75, 3.05) is 5.75 Å². The predicted molar refractivity (Wildman–Crippen MR) is 67.2 cm³/mol. The number of aliphatic carboxylic acids is 1. The van der Waals surface area contributed by atoms with Crippen LogP contribution in [0.4, 0.5) is 0 Å². The summed E-state index contributed by atoms with van der Waals surface area (Å²) in [5.41, 5.74) is 0. The first-order valence-corrected chi connectivity index (χ1v) is 6.31. The maximum Gasteiger partial charge on any atom is 0.326 e. The monoisotopic (exact) mass is 261 g/mol. The molecule has 0 aliphatic rings. The molecule has 0 bridgehead atoms. The van der Waals surface area contributed by atoms with Crippen molar-refractivity contribution in [3.8, 4) is 0 Å². The number of unbranched alkanes of at least 4 members (excludes halogenated alkanes) is 3. The van der Waals surface area contributed by atoms with Gasteiger partial charge in [-0.25, -0.2) is 4.79 Å². The molecule has 98 valence electrons. The fourth-order valence-corrected chi connectivity index (χ4v) is 1.60. The van der Waals surface area contributed by atoms with Crippen LogP contribution in [0.3, 0.4) is 0 Å². The topological polar surface area (TPSA) is 83.5 Å². The van der Waals surface area contributed by atoms with Gasteiger partial charge in [0.2, 0.25) is 5.91 Å². The minimum atomic E-state index is -1.03. The van der Waals surface area contributed by atoms with E-state index in [-0.39, 0.29) is 5.91 Å². The first-order valence-electron chi connectivity index (χ1n) is 5.68. The number of thiol groups is 1. The molecule has 5 nitrogen and oxygen atoms in total. The molecule has 0 unspecified atom stereocenters. The normalized spacial score (nSPS) is 11.8. The molecule has 0 saturated heterocycles. The fourth-order valence-electron chi connectivity index (χ4n) is 1.34. The second-order valence-corrected chi connectivity index (χ2v) is 4.18. The molecule has 0 aromatic heterocycles. The van der Waals surface area contributed by atoms with Gasteiger partial charge >= 0.3 is 5.97 Å². The molecule has 0 radical (unpaired) electrons. The summed E-state index contributed by atoms with van der Waals surface area (Å²) in [6, 6.07) is -0.852. The van der Waals surface area contributed by atoms with Crippen molar-refractivity contribution in [2.45, 2.75) is 44.6 Å². The van der Waals surface area contributed by atoms with Crippen LogP contribution in [-0.4, -0.2) is 35.1 Å². The maximum atomic E-state index is 11.4. The van der Waals surface area contributed by atoms with E-state index in [2.05, 4.69) is 17.9 Å². The second-order valence-electron chi connectivity index (χ2n) is 3.74. The molecule has 1 amide bonds. The van der Waals surface area contributed by atoms with Crippen LogP contribution >= 0.6 is 12.6 Å². The predicted octanol–water partition coefficient (Wildman–Crippen LogP) is 1.03. The maximum absolute atomic E-state index is 11.4. The third kappa shape index (κ3) is 8.74. The lowest BCUT2D eigenvalue weighted by Crippen LogP contribution is -2.40. The highest BCUT2D eigenvalue weighted by atomic mass is 32.1. The van der Waals surface area contributed by atoms with Crippen molar-refractivity contribution in [1.82, 2.24) is 5.32 Å². The van der Waals surface area contributed by atoms with Gasteiger partial charge in [0.1, 0.15) is 12.3 Å². The minimum absolute atomic E-state index is 0.259. The van der Waals surface area contributed by atoms with Gasteiger partial charge in [-0.15, -0.1) is 0 Å². The largest absolute Gasteiger partial charge is 0.480 e. The summed E-state index contributed by atoms with van der Waals surface area (Å²) < 4.78 is 0. The first-order chi connectivity index (χ1) is 8.11. The van der Waals surface area contributed by atoms with E-state index in [1.807, 2.05) is 0 Å². The van der Waals surface area contributed by atoms with E-state index in [0.717, 1.165) is 19.1 Å². The SMILES string of the molecule is O=CCCCCCC(=O)N[C@@H](CCS)C(=O)O. The molecular formula is C11H19NO4S. The highest BCUT2D eigenvalue weighted by molar-refractivity contribution is 7.80. The number of nitrogens with one attached hydrogen (secondary N) is 1. The fraction of sp³-hybridized carbons (Fsp3) is 0.727. The lowest BCUT2D eigenvalue weighted by atomic mass is 10.1. The van der Waals surface area contributed by atoms with Crippen molar-refractivity contribution in [1.29, 1.82) is 0 Å². The van der Waals surface area contributed by atoms with Crippen LogP contribution in [0.2, 0.25) is 0 Å². The summed E-state index contributed by atoms with van der Waals surface area (Å²) in [6.07, 6.45) is 4.23. The number of hydrogen-bond donors (Lipinski definition) is 3. The minimum Gasteiger partial charge on any atom is -0.480 e. The van der Waals surface area contributed by atoms with Gasteiger partial charge in [-0.3, -0.25) is 4.79 Å². The number of aldehydes is 1. The first kappa shape index (κ1) is 16.0. The van der Waals surface area contributed by atoms with Gasteiger partial charge in [-0.05, 0) is 25.0 Å². The number of carboxylic acid groups (broad SMARTS) is 1. The van der Waals surface area contributed by atoms with E-state index in [0.29, 0.717) is 31.4 Å². The quantitative estimate of drug-likeness (QED) is 0.311. The Hall–Kier alpha value is -1.04. The third-order valence-electron chi connectivity index (χ3n) is 2.28. The molecule has 0 aliphatic carbocycles. The zero-order chi connectivity index (χ0) is 13.1. The van der Waals surface area contributed by atoms with Crippen LogP contribution in [-0.2, 0) is 14.4 Å². The Morgan fingerprint density at radius 2 is 2.00 bits per heavy atom. The summed E-state index contributed by atoms with van der Waals surface area (Å²) in [7, 11) is 0. The van der Waals surface area contributed by atoms with Gasteiger partial charge < -0.3 is 15.2 Å². The van der Waals surface area contributed by atoms with Crippen LogP contribution in [0.15, 0.2) is 0 Å². The van der Waals surface area contributed by atoms with E-state index in [1.165, 1.54) is 0 Å².